The molecule has 1 unspecified atom stereocenters. The minimum atomic E-state index is 0.511. The van der Waals surface area contributed by atoms with Gasteiger partial charge in [-0.25, -0.2) is 0 Å². The molecule has 1 atom stereocenters. The third kappa shape index (κ3) is 4.48. The molecule has 2 N–H and O–H groups in total. The summed E-state index contributed by atoms with van der Waals surface area (Å²) >= 11 is 0. The van der Waals surface area contributed by atoms with Crippen LogP contribution in [-0.2, 0) is 4.74 Å². The standard InChI is InChI=1S/C18H28N4O3/c1-23-16-9-15(10-17(11-16)24-2)22-4-3-14(13-22)12-20-18(19)21-5-7-25-8-6-21/h9-11,14H,3-8,12-13H2,1-2H3,(H2,19,20). The number of methoxy groups -OCH3 is 2. The van der Waals surface area contributed by atoms with Gasteiger partial charge in [-0.3, -0.25) is 4.99 Å². The summed E-state index contributed by atoms with van der Waals surface area (Å²) in [6.07, 6.45) is 1.11. The second-order valence-corrected chi connectivity index (χ2v) is 6.47. The fourth-order valence-electron chi connectivity index (χ4n) is 3.31. The van der Waals surface area contributed by atoms with E-state index in [1.165, 1.54) is 0 Å². The first-order valence-electron chi connectivity index (χ1n) is 8.80. The molecule has 2 heterocycles. The van der Waals surface area contributed by atoms with Crippen molar-refractivity contribution in [3.63, 3.8) is 0 Å². The summed E-state index contributed by atoms with van der Waals surface area (Å²) in [5, 5.41) is 0. The van der Waals surface area contributed by atoms with Crippen molar-refractivity contribution in [1.82, 2.24) is 4.90 Å². The molecule has 0 bridgehead atoms. The molecule has 1 aromatic rings. The molecule has 2 fully saturated rings. The maximum Gasteiger partial charge on any atom is 0.191 e. The van der Waals surface area contributed by atoms with Crippen molar-refractivity contribution in [3.8, 4) is 11.5 Å². The first kappa shape index (κ1) is 17.7. The van der Waals surface area contributed by atoms with E-state index in [0.29, 0.717) is 11.9 Å². The Morgan fingerprint density at radius 3 is 2.48 bits per heavy atom. The van der Waals surface area contributed by atoms with Crippen molar-refractivity contribution in [2.24, 2.45) is 16.6 Å². The van der Waals surface area contributed by atoms with Crippen molar-refractivity contribution < 1.29 is 14.2 Å². The Labute approximate surface area is 149 Å². The van der Waals surface area contributed by atoms with Crippen molar-refractivity contribution in [3.05, 3.63) is 18.2 Å². The molecule has 3 rings (SSSR count). The van der Waals surface area contributed by atoms with Gasteiger partial charge in [0.05, 0.1) is 27.4 Å². The van der Waals surface area contributed by atoms with Crippen LogP contribution in [0.5, 0.6) is 11.5 Å². The van der Waals surface area contributed by atoms with Crippen LogP contribution in [0.2, 0.25) is 0 Å². The number of morpholine rings is 1. The summed E-state index contributed by atoms with van der Waals surface area (Å²) in [5.74, 6) is 2.78. The van der Waals surface area contributed by atoms with Crippen LogP contribution in [0, 0.1) is 5.92 Å². The Balaban J connectivity index is 1.58. The Bertz CT molecular complexity index is 580. The molecule has 0 saturated carbocycles. The molecular weight excluding hydrogens is 320 g/mol. The van der Waals surface area contributed by atoms with E-state index in [1.807, 2.05) is 6.07 Å². The maximum absolute atomic E-state index is 6.12. The van der Waals surface area contributed by atoms with E-state index in [0.717, 1.165) is 69.5 Å². The van der Waals surface area contributed by atoms with Gasteiger partial charge in [-0.15, -0.1) is 0 Å². The molecule has 138 valence electrons. The van der Waals surface area contributed by atoms with Crippen molar-refractivity contribution >= 4 is 11.6 Å². The predicted octanol–water partition coefficient (Wildman–Crippen LogP) is 1.18. The second-order valence-electron chi connectivity index (χ2n) is 6.47. The van der Waals surface area contributed by atoms with Crippen LogP contribution in [0.25, 0.3) is 0 Å². The van der Waals surface area contributed by atoms with Gasteiger partial charge in [-0.1, -0.05) is 0 Å². The zero-order valence-corrected chi connectivity index (χ0v) is 15.1. The Morgan fingerprint density at radius 1 is 1.16 bits per heavy atom. The highest BCUT2D eigenvalue weighted by Gasteiger charge is 2.24. The van der Waals surface area contributed by atoms with Crippen molar-refractivity contribution in [1.29, 1.82) is 0 Å². The predicted molar refractivity (Wildman–Crippen MR) is 98.7 cm³/mol. The average Bonchev–Trinajstić information content (AvgIpc) is 3.15. The molecule has 0 aliphatic carbocycles. The number of hydrogen-bond donors (Lipinski definition) is 1. The molecule has 0 aromatic heterocycles. The number of ether oxygens (including phenoxy) is 3. The minimum absolute atomic E-state index is 0.511. The second kappa shape index (κ2) is 8.29. The van der Waals surface area contributed by atoms with Gasteiger partial charge in [0.2, 0.25) is 0 Å². The van der Waals surface area contributed by atoms with E-state index >= 15 is 0 Å². The Morgan fingerprint density at radius 2 is 1.84 bits per heavy atom. The molecule has 25 heavy (non-hydrogen) atoms. The van der Waals surface area contributed by atoms with Gasteiger partial charge in [0.1, 0.15) is 11.5 Å². The summed E-state index contributed by atoms with van der Waals surface area (Å²) in [7, 11) is 3.35. The van der Waals surface area contributed by atoms with E-state index in [1.54, 1.807) is 14.2 Å². The highest BCUT2D eigenvalue weighted by molar-refractivity contribution is 5.78. The normalized spacial score (nSPS) is 21.5. The van der Waals surface area contributed by atoms with Crippen LogP contribution in [0.4, 0.5) is 5.69 Å². The Hall–Kier alpha value is -2.15. The van der Waals surface area contributed by atoms with Gasteiger partial charge in [0.25, 0.3) is 0 Å². The third-order valence-electron chi connectivity index (χ3n) is 4.83. The fourth-order valence-corrected chi connectivity index (χ4v) is 3.31. The highest BCUT2D eigenvalue weighted by Crippen LogP contribution is 2.31. The van der Waals surface area contributed by atoms with E-state index in [4.69, 9.17) is 19.9 Å². The molecule has 2 aliphatic heterocycles. The maximum atomic E-state index is 6.12. The quantitative estimate of drug-likeness (QED) is 0.636. The van der Waals surface area contributed by atoms with Crippen molar-refractivity contribution in [2.45, 2.75) is 6.42 Å². The van der Waals surface area contributed by atoms with Crippen LogP contribution in [0.3, 0.4) is 0 Å². The molecular formula is C18H28N4O3. The molecule has 2 saturated heterocycles. The molecule has 0 amide bonds. The first-order valence-corrected chi connectivity index (χ1v) is 8.80. The summed E-state index contributed by atoms with van der Waals surface area (Å²) < 4.78 is 16.1. The summed E-state index contributed by atoms with van der Waals surface area (Å²) in [6.45, 7) is 5.85. The topological polar surface area (TPSA) is 72.5 Å². The molecule has 7 heteroatoms. The SMILES string of the molecule is COc1cc(OC)cc(N2CCC(CN=C(N)N3CCOCC3)C2)c1. The third-order valence-corrected chi connectivity index (χ3v) is 4.83. The smallest absolute Gasteiger partial charge is 0.191 e. The zero-order valence-electron chi connectivity index (χ0n) is 15.1. The first-order chi connectivity index (χ1) is 12.2. The highest BCUT2D eigenvalue weighted by atomic mass is 16.5. The average molecular weight is 348 g/mol. The van der Waals surface area contributed by atoms with E-state index in [2.05, 4.69) is 26.9 Å². The molecule has 2 aliphatic rings. The number of hydrogen-bond acceptors (Lipinski definition) is 5. The molecule has 0 radical (unpaired) electrons. The lowest BCUT2D eigenvalue weighted by molar-refractivity contribution is 0.0674. The van der Waals surface area contributed by atoms with Gasteiger partial charge in [-0.05, 0) is 12.3 Å². The lowest BCUT2D eigenvalue weighted by Crippen LogP contribution is -2.45. The number of guanidine groups is 1. The lowest BCUT2D eigenvalue weighted by atomic mass is 10.1. The van der Waals surface area contributed by atoms with Crippen LogP contribution >= 0.6 is 0 Å². The zero-order chi connectivity index (χ0) is 17.6. The monoisotopic (exact) mass is 348 g/mol. The summed E-state index contributed by atoms with van der Waals surface area (Å²) in [5.41, 5.74) is 7.25. The molecule has 1 aromatic carbocycles. The van der Waals surface area contributed by atoms with E-state index in [-0.39, 0.29) is 0 Å². The van der Waals surface area contributed by atoms with E-state index in [9.17, 15) is 0 Å². The van der Waals surface area contributed by atoms with E-state index < -0.39 is 0 Å². The van der Waals surface area contributed by atoms with Crippen LogP contribution in [0.15, 0.2) is 23.2 Å². The number of aliphatic imine (C=N–C) groups is 1. The van der Waals surface area contributed by atoms with Gasteiger partial charge >= 0.3 is 0 Å². The largest absolute Gasteiger partial charge is 0.497 e. The van der Waals surface area contributed by atoms with Gasteiger partial charge in [0.15, 0.2) is 5.96 Å². The number of anilines is 1. The fraction of sp³-hybridized carbons (Fsp3) is 0.611. The van der Waals surface area contributed by atoms with Crippen LogP contribution < -0.4 is 20.1 Å². The number of benzene rings is 1. The minimum Gasteiger partial charge on any atom is -0.497 e. The molecule has 0 spiro atoms. The van der Waals surface area contributed by atoms with Gasteiger partial charge in [0, 0.05) is 56.6 Å². The molecule has 7 nitrogen and oxygen atoms in total. The number of rotatable bonds is 5. The van der Waals surface area contributed by atoms with Gasteiger partial charge < -0.3 is 29.7 Å². The Kier molecular flexibility index (Phi) is 5.86. The van der Waals surface area contributed by atoms with Crippen LogP contribution in [-0.4, -0.2) is 71.0 Å². The number of nitrogens with zero attached hydrogens (tertiary/aromatic N) is 3. The lowest BCUT2D eigenvalue weighted by Gasteiger charge is -2.27. The number of nitrogens with two attached hydrogens (primary N) is 1. The summed E-state index contributed by atoms with van der Waals surface area (Å²) in [6, 6.07) is 6.00. The summed E-state index contributed by atoms with van der Waals surface area (Å²) in [4.78, 5) is 9.07. The van der Waals surface area contributed by atoms with Crippen LogP contribution in [0.1, 0.15) is 6.42 Å². The van der Waals surface area contributed by atoms with Gasteiger partial charge in [-0.2, -0.15) is 0 Å². The van der Waals surface area contributed by atoms with Crippen molar-refractivity contribution in [2.75, 3.05) is 65.1 Å².